The predicted molar refractivity (Wildman–Crippen MR) is 61.1 cm³/mol. The summed E-state index contributed by atoms with van der Waals surface area (Å²) in [6, 6.07) is 0.871. The second kappa shape index (κ2) is 5.51. The number of nitrogens with one attached hydrogen (secondary N) is 2. The van der Waals surface area contributed by atoms with Crippen LogP contribution in [-0.4, -0.2) is 29.6 Å². The highest BCUT2D eigenvalue weighted by Gasteiger charge is 2.32. The Kier molecular flexibility index (Phi) is 4.00. The van der Waals surface area contributed by atoms with Crippen molar-refractivity contribution >= 4 is 5.95 Å². The van der Waals surface area contributed by atoms with Crippen LogP contribution in [0.25, 0.3) is 0 Å². The zero-order chi connectivity index (χ0) is 13.0. The molecule has 1 saturated heterocycles. The first kappa shape index (κ1) is 13.1. The number of halogens is 3. The minimum absolute atomic E-state index is 0.0448. The van der Waals surface area contributed by atoms with Gasteiger partial charge < -0.3 is 10.6 Å². The van der Waals surface area contributed by atoms with E-state index in [1.807, 2.05) is 0 Å². The van der Waals surface area contributed by atoms with Gasteiger partial charge in [-0.05, 0) is 37.9 Å². The number of hydrogen-bond donors (Lipinski definition) is 2. The highest BCUT2D eigenvalue weighted by Crippen LogP contribution is 2.27. The van der Waals surface area contributed by atoms with E-state index in [9.17, 15) is 13.2 Å². The summed E-state index contributed by atoms with van der Waals surface area (Å²) in [5.41, 5.74) is -0.912. The highest BCUT2D eigenvalue weighted by molar-refractivity contribution is 5.26. The molecule has 0 bridgehead atoms. The van der Waals surface area contributed by atoms with Gasteiger partial charge in [0, 0.05) is 12.7 Å². The second-order valence-corrected chi connectivity index (χ2v) is 4.34. The van der Waals surface area contributed by atoms with E-state index in [0.29, 0.717) is 12.5 Å². The largest absolute Gasteiger partial charge is 0.433 e. The van der Waals surface area contributed by atoms with Crippen LogP contribution in [0.15, 0.2) is 12.3 Å². The van der Waals surface area contributed by atoms with Crippen LogP contribution in [-0.2, 0) is 6.18 Å². The van der Waals surface area contributed by atoms with Gasteiger partial charge in [0.25, 0.3) is 0 Å². The Bertz CT molecular complexity index is 388. The van der Waals surface area contributed by atoms with Crippen LogP contribution in [0.1, 0.15) is 18.5 Å². The molecule has 0 aromatic carbocycles. The molecule has 2 rings (SSSR count). The van der Waals surface area contributed by atoms with E-state index in [1.54, 1.807) is 0 Å². The van der Waals surface area contributed by atoms with Crippen molar-refractivity contribution in [3.05, 3.63) is 18.0 Å². The van der Waals surface area contributed by atoms with Crippen molar-refractivity contribution in [2.24, 2.45) is 5.92 Å². The summed E-state index contributed by atoms with van der Waals surface area (Å²) in [6.07, 6.45) is -1.26. The van der Waals surface area contributed by atoms with Crippen LogP contribution in [0.3, 0.4) is 0 Å². The fourth-order valence-electron chi connectivity index (χ4n) is 1.92. The van der Waals surface area contributed by atoms with Crippen LogP contribution >= 0.6 is 0 Å². The third kappa shape index (κ3) is 3.56. The van der Waals surface area contributed by atoms with E-state index >= 15 is 0 Å². The average molecular weight is 260 g/mol. The number of hydrogen-bond acceptors (Lipinski definition) is 4. The van der Waals surface area contributed by atoms with Gasteiger partial charge in [-0.1, -0.05) is 0 Å². The molecule has 0 unspecified atom stereocenters. The topological polar surface area (TPSA) is 49.8 Å². The average Bonchev–Trinajstić information content (AvgIpc) is 2.37. The van der Waals surface area contributed by atoms with E-state index in [-0.39, 0.29) is 5.95 Å². The summed E-state index contributed by atoms with van der Waals surface area (Å²) in [7, 11) is 0. The normalized spacial score (nSPS) is 17.7. The Morgan fingerprint density at radius 1 is 1.33 bits per heavy atom. The van der Waals surface area contributed by atoms with Crippen LogP contribution < -0.4 is 10.6 Å². The minimum atomic E-state index is -4.42. The maximum atomic E-state index is 12.4. The van der Waals surface area contributed by atoms with Gasteiger partial charge in [-0.3, -0.25) is 0 Å². The quantitative estimate of drug-likeness (QED) is 0.871. The predicted octanol–water partition coefficient (Wildman–Crippen LogP) is 1.91. The molecule has 0 atom stereocenters. The molecular formula is C11H15F3N4. The Labute approximate surface area is 103 Å². The smallest absolute Gasteiger partial charge is 0.354 e. The Hall–Kier alpha value is -1.37. The third-order valence-electron chi connectivity index (χ3n) is 2.95. The molecule has 1 aromatic rings. The fraction of sp³-hybridized carbons (Fsp3) is 0.636. The maximum absolute atomic E-state index is 12.4. The number of nitrogens with zero attached hydrogens (tertiary/aromatic N) is 2. The zero-order valence-corrected chi connectivity index (χ0v) is 9.80. The molecule has 2 N–H and O–H groups in total. The first-order chi connectivity index (χ1) is 8.55. The fourth-order valence-corrected chi connectivity index (χ4v) is 1.92. The third-order valence-corrected chi connectivity index (χ3v) is 2.95. The summed E-state index contributed by atoms with van der Waals surface area (Å²) < 4.78 is 37.3. The van der Waals surface area contributed by atoms with Gasteiger partial charge in [-0.15, -0.1) is 0 Å². The lowest BCUT2D eigenvalue weighted by atomic mass is 9.98. The molecule has 18 heavy (non-hydrogen) atoms. The summed E-state index contributed by atoms with van der Waals surface area (Å²) in [5.74, 6) is 0.507. The summed E-state index contributed by atoms with van der Waals surface area (Å²) in [5, 5.41) is 6.11. The van der Waals surface area contributed by atoms with Crippen molar-refractivity contribution < 1.29 is 13.2 Å². The molecule has 1 fully saturated rings. The van der Waals surface area contributed by atoms with Crippen molar-refractivity contribution in [2.75, 3.05) is 25.0 Å². The van der Waals surface area contributed by atoms with E-state index in [0.717, 1.165) is 38.2 Å². The molecule has 0 saturated carbocycles. The molecule has 1 aromatic heterocycles. The molecule has 4 nitrogen and oxygen atoms in total. The lowest BCUT2D eigenvalue weighted by molar-refractivity contribution is -0.141. The highest BCUT2D eigenvalue weighted by atomic mass is 19.4. The van der Waals surface area contributed by atoms with E-state index < -0.39 is 11.9 Å². The number of rotatable bonds is 3. The Balaban J connectivity index is 1.92. The number of anilines is 1. The number of alkyl halides is 3. The number of piperidine rings is 1. The molecule has 1 aliphatic heterocycles. The molecule has 2 heterocycles. The van der Waals surface area contributed by atoms with E-state index in [2.05, 4.69) is 20.6 Å². The van der Waals surface area contributed by atoms with Gasteiger partial charge in [0.15, 0.2) is 0 Å². The monoisotopic (exact) mass is 260 g/mol. The minimum Gasteiger partial charge on any atom is -0.354 e. The second-order valence-electron chi connectivity index (χ2n) is 4.34. The Morgan fingerprint density at radius 2 is 2.06 bits per heavy atom. The Morgan fingerprint density at radius 3 is 2.72 bits per heavy atom. The first-order valence-electron chi connectivity index (χ1n) is 5.90. The van der Waals surface area contributed by atoms with Crippen LogP contribution in [0.2, 0.25) is 0 Å². The van der Waals surface area contributed by atoms with E-state index in [4.69, 9.17) is 0 Å². The van der Waals surface area contributed by atoms with Gasteiger partial charge in [0.1, 0.15) is 5.69 Å². The molecular weight excluding hydrogens is 245 g/mol. The zero-order valence-electron chi connectivity index (χ0n) is 9.80. The van der Waals surface area contributed by atoms with Gasteiger partial charge in [-0.25, -0.2) is 9.97 Å². The molecule has 0 spiro atoms. The summed E-state index contributed by atoms with van der Waals surface area (Å²) in [4.78, 5) is 7.27. The lowest BCUT2D eigenvalue weighted by Gasteiger charge is -2.22. The van der Waals surface area contributed by atoms with Crippen molar-refractivity contribution in [1.29, 1.82) is 0 Å². The molecule has 7 heteroatoms. The van der Waals surface area contributed by atoms with Gasteiger partial charge in [-0.2, -0.15) is 13.2 Å². The number of aromatic nitrogens is 2. The van der Waals surface area contributed by atoms with Gasteiger partial charge in [0.2, 0.25) is 5.95 Å². The van der Waals surface area contributed by atoms with Gasteiger partial charge in [0.05, 0.1) is 0 Å². The van der Waals surface area contributed by atoms with Crippen molar-refractivity contribution in [3.63, 3.8) is 0 Å². The molecule has 0 amide bonds. The maximum Gasteiger partial charge on any atom is 0.433 e. The standard InChI is InChI=1S/C11H15F3N4/c12-11(13,14)9-3-6-16-10(18-9)17-7-8-1-4-15-5-2-8/h3,6,8,15H,1-2,4-5,7H2,(H,16,17,18). The molecule has 0 aliphatic carbocycles. The van der Waals surface area contributed by atoms with Crippen molar-refractivity contribution in [2.45, 2.75) is 19.0 Å². The van der Waals surface area contributed by atoms with Crippen LogP contribution in [0.4, 0.5) is 19.1 Å². The summed E-state index contributed by atoms with van der Waals surface area (Å²) >= 11 is 0. The van der Waals surface area contributed by atoms with Crippen molar-refractivity contribution in [1.82, 2.24) is 15.3 Å². The molecule has 0 radical (unpaired) electrons. The van der Waals surface area contributed by atoms with Crippen LogP contribution in [0.5, 0.6) is 0 Å². The van der Waals surface area contributed by atoms with Gasteiger partial charge >= 0.3 is 6.18 Å². The summed E-state index contributed by atoms with van der Waals surface area (Å²) in [6.45, 7) is 2.52. The van der Waals surface area contributed by atoms with Crippen molar-refractivity contribution in [3.8, 4) is 0 Å². The lowest BCUT2D eigenvalue weighted by Crippen LogP contribution is -2.31. The SMILES string of the molecule is FC(F)(F)c1ccnc(NCC2CCNCC2)n1. The van der Waals surface area contributed by atoms with E-state index in [1.165, 1.54) is 0 Å². The molecule has 100 valence electrons. The molecule has 1 aliphatic rings. The first-order valence-corrected chi connectivity index (χ1v) is 5.90. The van der Waals surface area contributed by atoms with Crippen LogP contribution in [0, 0.1) is 5.92 Å².